The molecule has 0 aromatic heterocycles. The minimum atomic E-state index is -0.451. The van der Waals surface area contributed by atoms with E-state index < -0.39 is 5.78 Å². The maximum absolute atomic E-state index is 12.5. The molecule has 0 radical (unpaired) electrons. The van der Waals surface area contributed by atoms with Gasteiger partial charge in [0.15, 0.2) is 11.5 Å². The molecule has 29 heavy (non-hydrogen) atoms. The van der Waals surface area contributed by atoms with Crippen molar-refractivity contribution in [2.45, 2.75) is 6.54 Å². The van der Waals surface area contributed by atoms with E-state index in [-0.39, 0.29) is 5.76 Å². The molecule has 0 atom stereocenters. The van der Waals surface area contributed by atoms with Crippen molar-refractivity contribution in [3.05, 3.63) is 64.9 Å². The summed E-state index contributed by atoms with van der Waals surface area (Å²) in [6.07, 6.45) is 1.46. The van der Waals surface area contributed by atoms with E-state index in [0.29, 0.717) is 29.2 Å². The Balaban J connectivity index is 1.77. The molecule has 1 saturated heterocycles. The molecule has 3 rings (SSSR count). The number of benzene rings is 2. The number of Topliss-reactive ketones (excluding diaryl/α,β-unsaturated/α-hetero) is 1. The zero-order chi connectivity index (χ0) is 20.8. The van der Waals surface area contributed by atoms with Crippen molar-refractivity contribution in [2.24, 2.45) is 5.90 Å². The van der Waals surface area contributed by atoms with Crippen LogP contribution in [0.15, 0.2) is 48.2 Å². The molecular formula is C22H27N3O4. The number of methoxy groups -OCH3 is 1. The fraction of sp³-hybridized carbons (Fsp3) is 0.318. The maximum atomic E-state index is 12.5. The van der Waals surface area contributed by atoms with Crippen LogP contribution in [-0.4, -0.2) is 61.0 Å². The molecule has 0 bridgehead atoms. The minimum absolute atomic E-state index is 0.331. The van der Waals surface area contributed by atoms with E-state index in [1.807, 2.05) is 6.07 Å². The third-order valence-electron chi connectivity index (χ3n) is 5.09. The number of likely N-dealkylation sites (N-methyl/N-ethyl adjacent to an activating group) is 1. The summed E-state index contributed by atoms with van der Waals surface area (Å²) in [7, 11) is 3.67. The molecule has 1 aliphatic heterocycles. The molecule has 0 amide bonds. The number of rotatable bonds is 7. The van der Waals surface area contributed by atoms with Crippen molar-refractivity contribution in [1.82, 2.24) is 9.80 Å². The molecule has 0 spiro atoms. The highest BCUT2D eigenvalue weighted by Crippen LogP contribution is 2.23. The standard InChI is InChI=1S/C22H27N3O4/c1-24-9-11-25(12-10-24)15-18-13-16(3-8-21(18)29-23)14-20(26)22(27)17-4-6-19(28-2)7-5-17/h3-8,13-14,26H,9-12,15,23H2,1-2H3/b20-14-. The van der Waals surface area contributed by atoms with Crippen molar-refractivity contribution in [1.29, 1.82) is 0 Å². The van der Waals surface area contributed by atoms with Gasteiger partial charge >= 0.3 is 0 Å². The number of carbonyl (C=O) groups excluding carboxylic acids is 1. The summed E-state index contributed by atoms with van der Waals surface area (Å²) in [5.74, 6) is 5.87. The van der Waals surface area contributed by atoms with Crippen molar-refractivity contribution in [3.63, 3.8) is 0 Å². The first-order chi connectivity index (χ1) is 14.0. The average molecular weight is 397 g/mol. The van der Waals surface area contributed by atoms with E-state index in [1.165, 1.54) is 6.08 Å². The summed E-state index contributed by atoms with van der Waals surface area (Å²) in [6, 6.07) is 12.0. The van der Waals surface area contributed by atoms with Crippen LogP contribution < -0.4 is 15.5 Å². The fourth-order valence-corrected chi connectivity index (χ4v) is 3.29. The van der Waals surface area contributed by atoms with Crippen molar-refractivity contribution < 1.29 is 19.5 Å². The van der Waals surface area contributed by atoms with Gasteiger partial charge in [-0.15, -0.1) is 0 Å². The van der Waals surface area contributed by atoms with Crippen molar-refractivity contribution >= 4 is 11.9 Å². The maximum Gasteiger partial charge on any atom is 0.227 e. The third kappa shape index (κ3) is 5.35. The van der Waals surface area contributed by atoms with Crippen LogP contribution >= 0.6 is 0 Å². The SMILES string of the molecule is COc1ccc(C(=O)/C(O)=C/c2ccc(ON)c(CN3CCN(C)CC3)c2)cc1. The van der Waals surface area contributed by atoms with Crippen LogP contribution in [0.4, 0.5) is 0 Å². The summed E-state index contributed by atoms with van der Waals surface area (Å²) in [6.45, 7) is 4.63. The first kappa shape index (κ1) is 20.9. The summed E-state index contributed by atoms with van der Waals surface area (Å²) < 4.78 is 5.09. The molecule has 3 N–H and O–H groups in total. The number of ketones is 1. The van der Waals surface area contributed by atoms with E-state index in [0.717, 1.165) is 31.7 Å². The number of allylic oxidation sites excluding steroid dienone is 1. The Morgan fingerprint density at radius 1 is 1.14 bits per heavy atom. The molecule has 0 saturated carbocycles. The number of ether oxygens (including phenoxy) is 1. The molecule has 1 aliphatic rings. The molecule has 0 unspecified atom stereocenters. The molecular weight excluding hydrogens is 370 g/mol. The van der Waals surface area contributed by atoms with Gasteiger partial charge in [-0.25, -0.2) is 0 Å². The molecule has 2 aromatic rings. The highest BCUT2D eigenvalue weighted by atomic mass is 16.6. The van der Waals surface area contributed by atoms with Gasteiger partial charge in [-0.1, -0.05) is 6.07 Å². The van der Waals surface area contributed by atoms with Gasteiger partial charge in [0, 0.05) is 43.9 Å². The van der Waals surface area contributed by atoms with Crippen LogP contribution in [0.5, 0.6) is 11.5 Å². The number of aliphatic hydroxyl groups is 1. The smallest absolute Gasteiger partial charge is 0.227 e. The summed E-state index contributed by atoms with van der Waals surface area (Å²) in [5, 5.41) is 10.3. The zero-order valence-corrected chi connectivity index (χ0v) is 16.8. The second-order valence-corrected chi connectivity index (χ2v) is 7.15. The monoisotopic (exact) mass is 397 g/mol. The third-order valence-corrected chi connectivity index (χ3v) is 5.09. The van der Waals surface area contributed by atoms with Gasteiger partial charge in [0.2, 0.25) is 5.78 Å². The zero-order valence-electron chi connectivity index (χ0n) is 16.8. The quantitative estimate of drug-likeness (QED) is 0.321. The Morgan fingerprint density at radius 2 is 1.83 bits per heavy atom. The van der Waals surface area contributed by atoms with E-state index in [1.54, 1.807) is 43.5 Å². The Labute approximate surface area is 170 Å². The van der Waals surface area contributed by atoms with Gasteiger partial charge in [-0.2, -0.15) is 5.90 Å². The van der Waals surface area contributed by atoms with E-state index in [9.17, 15) is 9.90 Å². The number of hydrogen-bond acceptors (Lipinski definition) is 7. The van der Waals surface area contributed by atoms with Gasteiger partial charge in [-0.3, -0.25) is 9.69 Å². The number of hydrogen-bond donors (Lipinski definition) is 2. The lowest BCUT2D eigenvalue weighted by atomic mass is 10.0. The lowest BCUT2D eigenvalue weighted by Gasteiger charge is -2.32. The number of nitrogens with two attached hydrogens (primary N) is 1. The lowest BCUT2D eigenvalue weighted by Crippen LogP contribution is -2.43. The molecule has 154 valence electrons. The first-order valence-corrected chi connectivity index (χ1v) is 9.50. The Kier molecular flexibility index (Phi) is 6.87. The van der Waals surface area contributed by atoms with E-state index in [4.69, 9.17) is 15.5 Å². The molecule has 2 aromatic carbocycles. The summed E-state index contributed by atoms with van der Waals surface area (Å²) in [5.41, 5.74) is 2.00. The number of piperazine rings is 1. The minimum Gasteiger partial charge on any atom is -0.504 e. The summed E-state index contributed by atoms with van der Waals surface area (Å²) in [4.78, 5) is 22.1. The largest absolute Gasteiger partial charge is 0.504 e. The molecule has 1 heterocycles. The van der Waals surface area contributed by atoms with Gasteiger partial charge in [0.25, 0.3) is 0 Å². The topological polar surface area (TPSA) is 88.3 Å². The van der Waals surface area contributed by atoms with Crippen LogP contribution in [0.25, 0.3) is 6.08 Å². The first-order valence-electron chi connectivity index (χ1n) is 9.50. The average Bonchev–Trinajstić information content (AvgIpc) is 2.75. The van der Waals surface area contributed by atoms with Crippen LogP contribution in [0.1, 0.15) is 21.5 Å². The van der Waals surface area contributed by atoms with E-state index in [2.05, 4.69) is 16.8 Å². The molecule has 7 heteroatoms. The highest BCUT2D eigenvalue weighted by Gasteiger charge is 2.17. The second-order valence-electron chi connectivity index (χ2n) is 7.15. The predicted molar refractivity (Wildman–Crippen MR) is 112 cm³/mol. The van der Waals surface area contributed by atoms with Crippen LogP contribution in [0.3, 0.4) is 0 Å². The van der Waals surface area contributed by atoms with Crippen LogP contribution in [0, 0.1) is 0 Å². The highest BCUT2D eigenvalue weighted by molar-refractivity contribution is 6.09. The van der Waals surface area contributed by atoms with Crippen LogP contribution in [0.2, 0.25) is 0 Å². The van der Waals surface area contributed by atoms with Crippen molar-refractivity contribution in [3.8, 4) is 11.5 Å². The van der Waals surface area contributed by atoms with E-state index >= 15 is 0 Å². The second kappa shape index (κ2) is 9.56. The van der Waals surface area contributed by atoms with Crippen LogP contribution in [-0.2, 0) is 6.54 Å². The molecule has 7 nitrogen and oxygen atoms in total. The lowest BCUT2D eigenvalue weighted by molar-refractivity contribution is 0.0980. The van der Waals surface area contributed by atoms with Gasteiger partial charge in [0.05, 0.1) is 7.11 Å². The number of carbonyl (C=O) groups is 1. The van der Waals surface area contributed by atoms with Gasteiger partial charge < -0.3 is 19.6 Å². The molecule has 1 fully saturated rings. The Morgan fingerprint density at radius 3 is 2.45 bits per heavy atom. The Hall–Kier alpha value is -2.87. The van der Waals surface area contributed by atoms with Gasteiger partial charge in [0.1, 0.15) is 5.75 Å². The van der Waals surface area contributed by atoms with Crippen molar-refractivity contribution in [2.75, 3.05) is 40.3 Å². The normalized spacial score (nSPS) is 15.9. The predicted octanol–water partition coefficient (Wildman–Crippen LogP) is 2.48. The summed E-state index contributed by atoms with van der Waals surface area (Å²) >= 11 is 0. The Bertz CT molecular complexity index is 872. The van der Waals surface area contributed by atoms with Gasteiger partial charge in [-0.05, 0) is 55.1 Å². The number of nitrogens with zero attached hydrogens (tertiary/aromatic N) is 2. The molecule has 0 aliphatic carbocycles. The fourth-order valence-electron chi connectivity index (χ4n) is 3.29. The number of aliphatic hydroxyl groups excluding tert-OH is 1.